The van der Waals surface area contributed by atoms with Crippen LogP contribution in [-0.4, -0.2) is 56.3 Å². The zero-order valence-corrected chi connectivity index (χ0v) is 15.5. The van der Waals surface area contributed by atoms with Gasteiger partial charge in [-0.05, 0) is 13.0 Å². The van der Waals surface area contributed by atoms with Crippen molar-refractivity contribution in [2.45, 2.75) is 25.2 Å². The van der Waals surface area contributed by atoms with E-state index >= 15 is 0 Å². The lowest BCUT2D eigenvalue weighted by molar-refractivity contribution is -0.0918. The molecule has 0 radical (unpaired) electrons. The molecule has 2 aliphatic heterocycles. The maximum Gasteiger partial charge on any atom is 0.257 e. The molecule has 10 nitrogen and oxygen atoms in total. The Morgan fingerprint density at radius 3 is 2.86 bits per heavy atom. The van der Waals surface area contributed by atoms with Gasteiger partial charge in [0.2, 0.25) is 5.95 Å². The van der Waals surface area contributed by atoms with Gasteiger partial charge in [0.15, 0.2) is 0 Å². The molecule has 5 heterocycles. The second-order valence-electron chi connectivity index (χ2n) is 7.01. The smallest absolute Gasteiger partial charge is 0.257 e. The van der Waals surface area contributed by atoms with E-state index in [0.29, 0.717) is 48.7 Å². The summed E-state index contributed by atoms with van der Waals surface area (Å²) in [7, 11) is 1.82. The molecule has 0 saturated carbocycles. The number of nitrogens with one attached hydrogen (secondary N) is 1. The molecule has 1 N–H and O–H groups in total. The summed E-state index contributed by atoms with van der Waals surface area (Å²) in [5.74, 6) is 0.889. The maximum atomic E-state index is 9.52. The molecule has 0 spiro atoms. The first-order chi connectivity index (χ1) is 13.6. The number of aromatic nitrogens is 5. The van der Waals surface area contributed by atoms with Crippen molar-refractivity contribution < 1.29 is 14.2 Å². The zero-order valence-electron chi connectivity index (χ0n) is 15.5. The summed E-state index contributed by atoms with van der Waals surface area (Å²) in [5.41, 5.74) is 1.93. The van der Waals surface area contributed by atoms with Gasteiger partial charge >= 0.3 is 0 Å². The molecule has 0 unspecified atom stereocenters. The van der Waals surface area contributed by atoms with Crippen LogP contribution in [-0.2, 0) is 16.5 Å². The summed E-state index contributed by atoms with van der Waals surface area (Å²) in [6, 6.07) is 4.14. The number of hydrogen-bond acceptors (Lipinski definition) is 8. The molecule has 2 atom stereocenters. The molecule has 2 aliphatic rings. The van der Waals surface area contributed by atoms with E-state index in [9.17, 15) is 5.26 Å². The average Bonchev–Trinajstić information content (AvgIpc) is 3.17. The molecule has 0 aromatic carbocycles. The van der Waals surface area contributed by atoms with E-state index in [-0.39, 0.29) is 18.2 Å². The van der Waals surface area contributed by atoms with E-state index < -0.39 is 0 Å². The second kappa shape index (κ2) is 6.47. The Balaban J connectivity index is 1.49. The molecule has 10 heteroatoms. The summed E-state index contributed by atoms with van der Waals surface area (Å²) in [6.45, 7) is 3.68. The van der Waals surface area contributed by atoms with E-state index in [1.807, 2.05) is 24.7 Å². The van der Waals surface area contributed by atoms with Crippen LogP contribution < -0.4 is 10.1 Å². The normalized spacial score (nSPS) is 21.8. The Morgan fingerprint density at radius 1 is 1.36 bits per heavy atom. The first kappa shape index (κ1) is 17.0. The summed E-state index contributed by atoms with van der Waals surface area (Å²) >= 11 is 0. The van der Waals surface area contributed by atoms with Crippen molar-refractivity contribution in [3.63, 3.8) is 0 Å². The number of nitriles is 1. The maximum absolute atomic E-state index is 9.52. The minimum absolute atomic E-state index is 0.00868. The largest absolute Gasteiger partial charge is 0.467 e. The third kappa shape index (κ3) is 2.76. The minimum Gasteiger partial charge on any atom is -0.467 e. The highest BCUT2D eigenvalue weighted by molar-refractivity contribution is 5.79. The topological polar surface area (TPSA) is 112 Å². The Hall–Kier alpha value is -3.16. The Labute approximate surface area is 160 Å². The van der Waals surface area contributed by atoms with Crippen LogP contribution in [0.5, 0.6) is 5.88 Å². The molecule has 2 saturated heterocycles. The molecule has 3 aromatic heterocycles. The van der Waals surface area contributed by atoms with Crippen molar-refractivity contribution in [1.29, 1.82) is 5.26 Å². The Morgan fingerprint density at radius 2 is 2.21 bits per heavy atom. The van der Waals surface area contributed by atoms with Crippen LogP contribution in [0.2, 0.25) is 0 Å². The molecule has 2 fully saturated rings. The standard InChI is InChI=1S/C18H19N7O3/c1-10-15(9-27-10)25-12(4-19)3-11-5-20-18(22-16(11)25)21-14-6-24(2)23-17(14)28-13-7-26-8-13/h3,5-6,10,13,15H,7-9H2,1-2H3,(H,20,21,22)/t10-,15+/m0/s1. The number of fused-ring (bicyclic) bond motifs is 1. The van der Waals surface area contributed by atoms with Gasteiger partial charge in [-0.15, -0.1) is 5.10 Å². The van der Waals surface area contributed by atoms with Crippen molar-refractivity contribution in [1.82, 2.24) is 24.3 Å². The van der Waals surface area contributed by atoms with E-state index in [2.05, 4.69) is 26.5 Å². The van der Waals surface area contributed by atoms with Crippen LogP contribution in [0.3, 0.4) is 0 Å². The van der Waals surface area contributed by atoms with Gasteiger partial charge in [0.05, 0.1) is 38.2 Å². The predicted octanol–water partition coefficient (Wildman–Crippen LogP) is 1.52. The van der Waals surface area contributed by atoms with Gasteiger partial charge in [-0.1, -0.05) is 0 Å². The molecule has 0 amide bonds. The van der Waals surface area contributed by atoms with Gasteiger partial charge in [-0.3, -0.25) is 4.68 Å². The number of rotatable bonds is 5. The van der Waals surface area contributed by atoms with Crippen LogP contribution in [0.4, 0.5) is 11.6 Å². The predicted molar refractivity (Wildman–Crippen MR) is 98.4 cm³/mol. The number of ether oxygens (including phenoxy) is 3. The lowest BCUT2D eigenvalue weighted by atomic mass is 10.1. The van der Waals surface area contributed by atoms with Crippen molar-refractivity contribution in [2.24, 2.45) is 7.05 Å². The number of hydrogen-bond donors (Lipinski definition) is 1. The monoisotopic (exact) mass is 381 g/mol. The third-order valence-electron chi connectivity index (χ3n) is 5.02. The molecule has 0 aliphatic carbocycles. The van der Waals surface area contributed by atoms with Crippen molar-refractivity contribution in [3.05, 3.63) is 24.2 Å². The lowest BCUT2D eigenvalue weighted by Crippen LogP contribution is -2.39. The third-order valence-corrected chi connectivity index (χ3v) is 5.02. The molecule has 3 aromatic rings. The van der Waals surface area contributed by atoms with Gasteiger partial charge in [-0.2, -0.15) is 10.2 Å². The van der Waals surface area contributed by atoms with Gasteiger partial charge in [-0.25, -0.2) is 4.98 Å². The van der Waals surface area contributed by atoms with Crippen LogP contribution in [0.25, 0.3) is 11.0 Å². The highest BCUT2D eigenvalue weighted by Crippen LogP contribution is 2.32. The molecule has 0 bridgehead atoms. The highest BCUT2D eigenvalue weighted by atomic mass is 16.6. The van der Waals surface area contributed by atoms with Crippen molar-refractivity contribution in [3.8, 4) is 11.9 Å². The van der Waals surface area contributed by atoms with Crippen LogP contribution in [0.15, 0.2) is 18.5 Å². The van der Waals surface area contributed by atoms with Gasteiger partial charge in [0.25, 0.3) is 5.88 Å². The SMILES string of the molecule is C[C@@H]1OC[C@H]1n1c(C#N)cc2cnc(Nc3cn(C)nc3OC3COC3)nc21. The van der Waals surface area contributed by atoms with Crippen molar-refractivity contribution in [2.75, 3.05) is 25.1 Å². The fraction of sp³-hybridized carbons (Fsp3) is 0.444. The van der Waals surface area contributed by atoms with Crippen LogP contribution in [0.1, 0.15) is 18.7 Å². The van der Waals surface area contributed by atoms with E-state index in [1.165, 1.54) is 0 Å². The van der Waals surface area contributed by atoms with Crippen LogP contribution in [0, 0.1) is 11.3 Å². The van der Waals surface area contributed by atoms with E-state index in [0.717, 1.165) is 5.39 Å². The summed E-state index contributed by atoms with van der Waals surface area (Å²) in [5, 5.41) is 17.9. The van der Waals surface area contributed by atoms with Gasteiger partial charge in [0.1, 0.15) is 29.2 Å². The Kier molecular flexibility index (Phi) is 3.92. The van der Waals surface area contributed by atoms with E-state index in [4.69, 9.17) is 14.2 Å². The van der Waals surface area contributed by atoms with Gasteiger partial charge < -0.3 is 24.1 Å². The Bertz CT molecular complexity index is 1080. The number of nitrogens with zero attached hydrogens (tertiary/aromatic N) is 6. The quantitative estimate of drug-likeness (QED) is 0.708. The van der Waals surface area contributed by atoms with Crippen LogP contribution >= 0.6 is 0 Å². The first-order valence-corrected chi connectivity index (χ1v) is 9.07. The molecule has 144 valence electrons. The fourth-order valence-electron chi connectivity index (χ4n) is 3.35. The highest BCUT2D eigenvalue weighted by Gasteiger charge is 2.33. The number of anilines is 2. The second-order valence-corrected chi connectivity index (χ2v) is 7.01. The summed E-state index contributed by atoms with van der Waals surface area (Å²) in [6.07, 6.45) is 3.57. The molecule has 28 heavy (non-hydrogen) atoms. The molecular weight excluding hydrogens is 362 g/mol. The summed E-state index contributed by atoms with van der Waals surface area (Å²) < 4.78 is 20.1. The van der Waals surface area contributed by atoms with E-state index in [1.54, 1.807) is 16.9 Å². The zero-order chi connectivity index (χ0) is 19.3. The molecular formula is C18H19N7O3. The first-order valence-electron chi connectivity index (χ1n) is 9.07. The van der Waals surface area contributed by atoms with Crippen molar-refractivity contribution >= 4 is 22.7 Å². The summed E-state index contributed by atoms with van der Waals surface area (Å²) in [4.78, 5) is 9.04. The van der Waals surface area contributed by atoms with Gasteiger partial charge in [0, 0.05) is 18.6 Å². The average molecular weight is 381 g/mol. The number of aryl methyl sites for hydroxylation is 1. The fourth-order valence-corrected chi connectivity index (χ4v) is 3.35. The minimum atomic E-state index is 0.00868. The lowest BCUT2D eigenvalue weighted by Gasteiger charge is -2.35. The molecule has 5 rings (SSSR count).